The lowest BCUT2D eigenvalue weighted by atomic mass is 10.00. The van der Waals surface area contributed by atoms with E-state index in [9.17, 15) is 31.1 Å². The first kappa shape index (κ1) is 16.0. The van der Waals surface area contributed by atoms with E-state index in [0.717, 1.165) is 10.7 Å². The number of fused-ring (bicyclic) bond motifs is 1. The Labute approximate surface area is 128 Å². The van der Waals surface area contributed by atoms with E-state index in [1.165, 1.54) is 6.07 Å². The highest BCUT2D eigenvalue weighted by molar-refractivity contribution is 5.78. The third-order valence-corrected chi connectivity index (χ3v) is 3.25. The smallest absolute Gasteiger partial charge is 0.244 e. The number of aromatic nitrogens is 4. The molecule has 0 atom stereocenters. The van der Waals surface area contributed by atoms with Gasteiger partial charge in [0.25, 0.3) is 0 Å². The number of nitrogens with zero attached hydrogens (tertiary/aromatic N) is 3. The second kappa shape index (κ2) is 5.08. The summed E-state index contributed by atoms with van der Waals surface area (Å²) < 4.78 is 78.5. The Hall–Kier alpha value is -2.85. The number of halogens is 6. The highest BCUT2D eigenvalue weighted by Gasteiger charge is 2.39. The first-order chi connectivity index (χ1) is 11.1. The number of hydrogen-bond donors (Lipinski definition) is 1. The van der Waals surface area contributed by atoms with Crippen LogP contribution in [0.2, 0.25) is 0 Å². The molecule has 0 fully saturated rings. The molecule has 3 rings (SSSR count). The van der Waals surface area contributed by atoms with Gasteiger partial charge in [0.2, 0.25) is 0 Å². The highest BCUT2D eigenvalue weighted by Crippen LogP contribution is 2.40. The Kier molecular flexibility index (Phi) is 3.39. The molecule has 126 valence electrons. The number of alkyl halides is 6. The molecule has 2 aromatic heterocycles. The second-order valence-electron chi connectivity index (χ2n) is 4.76. The monoisotopic (exact) mass is 348 g/mol. The number of nitrogens with one attached hydrogen (secondary N) is 1. The SMILES string of the molecule is O=c1[nH]nc(-c2ccc(C(F)(F)F)cc2C(F)(F)F)c2ccnn12. The third kappa shape index (κ3) is 2.61. The molecule has 1 N–H and O–H groups in total. The van der Waals surface area contributed by atoms with Crippen molar-refractivity contribution < 1.29 is 26.3 Å². The van der Waals surface area contributed by atoms with Crippen molar-refractivity contribution in [2.24, 2.45) is 0 Å². The van der Waals surface area contributed by atoms with Crippen molar-refractivity contribution >= 4 is 5.52 Å². The van der Waals surface area contributed by atoms with Crippen molar-refractivity contribution in [3.8, 4) is 11.3 Å². The lowest BCUT2D eigenvalue weighted by molar-refractivity contribution is -0.142. The van der Waals surface area contributed by atoms with Gasteiger partial charge in [-0.1, -0.05) is 6.07 Å². The van der Waals surface area contributed by atoms with Crippen molar-refractivity contribution in [2.75, 3.05) is 0 Å². The van der Waals surface area contributed by atoms with Gasteiger partial charge in [0.05, 0.1) is 22.8 Å². The van der Waals surface area contributed by atoms with Crippen LogP contribution in [0.25, 0.3) is 16.8 Å². The van der Waals surface area contributed by atoms with Gasteiger partial charge in [-0.3, -0.25) is 0 Å². The van der Waals surface area contributed by atoms with Gasteiger partial charge >= 0.3 is 18.0 Å². The molecule has 0 aliphatic rings. The maximum atomic E-state index is 13.2. The van der Waals surface area contributed by atoms with E-state index in [4.69, 9.17) is 0 Å². The summed E-state index contributed by atoms with van der Waals surface area (Å²) in [5, 5.41) is 9.12. The van der Waals surface area contributed by atoms with Crippen LogP contribution in [-0.2, 0) is 12.4 Å². The molecule has 0 radical (unpaired) electrons. The molecule has 3 aromatic rings. The molecule has 11 heteroatoms. The standard InChI is InChI=1S/C13H6F6N4O/c14-12(15,16)6-1-2-7(8(5-6)13(17,18)19)10-9-3-4-20-23(9)11(24)22-21-10/h1-5H,(H,22,24). The van der Waals surface area contributed by atoms with Crippen LogP contribution in [0.1, 0.15) is 11.1 Å². The summed E-state index contributed by atoms with van der Waals surface area (Å²) in [5.41, 5.74) is -4.75. The molecular weight excluding hydrogens is 342 g/mol. The third-order valence-electron chi connectivity index (χ3n) is 3.25. The molecule has 0 amide bonds. The van der Waals surface area contributed by atoms with E-state index in [1.807, 2.05) is 5.10 Å². The average molecular weight is 348 g/mol. The zero-order valence-corrected chi connectivity index (χ0v) is 11.4. The predicted octanol–water partition coefficient (Wildman–Crippen LogP) is 3.12. The van der Waals surface area contributed by atoms with Crippen molar-refractivity contribution in [2.45, 2.75) is 12.4 Å². The minimum atomic E-state index is -5.05. The minimum absolute atomic E-state index is 0.00892. The van der Waals surface area contributed by atoms with Crippen molar-refractivity contribution in [3.63, 3.8) is 0 Å². The molecule has 5 nitrogen and oxygen atoms in total. The summed E-state index contributed by atoms with van der Waals surface area (Å²) in [6.07, 6.45) is -8.82. The van der Waals surface area contributed by atoms with Gasteiger partial charge in [0.1, 0.15) is 5.69 Å². The Morgan fingerprint density at radius 3 is 2.33 bits per heavy atom. The van der Waals surface area contributed by atoms with E-state index < -0.39 is 34.7 Å². The maximum absolute atomic E-state index is 13.2. The molecular formula is C13H6F6N4O. The van der Waals surface area contributed by atoms with E-state index in [2.05, 4.69) is 10.2 Å². The zero-order chi connectivity index (χ0) is 17.7. The molecule has 1 aromatic carbocycles. The lowest BCUT2D eigenvalue weighted by Crippen LogP contribution is -2.20. The Morgan fingerprint density at radius 1 is 1.00 bits per heavy atom. The van der Waals surface area contributed by atoms with Gasteiger partial charge in [0, 0.05) is 5.56 Å². The summed E-state index contributed by atoms with van der Waals surface area (Å²) in [4.78, 5) is 11.5. The van der Waals surface area contributed by atoms with Crippen LogP contribution in [0, 0.1) is 0 Å². The van der Waals surface area contributed by atoms with Crippen molar-refractivity contribution in [1.29, 1.82) is 0 Å². The van der Waals surface area contributed by atoms with Crippen LogP contribution >= 0.6 is 0 Å². The van der Waals surface area contributed by atoms with Crippen LogP contribution in [-0.4, -0.2) is 19.8 Å². The van der Waals surface area contributed by atoms with Crippen molar-refractivity contribution in [1.82, 2.24) is 19.8 Å². The van der Waals surface area contributed by atoms with Gasteiger partial charge in [0.15, 0.2) is 0 Å². The van der Waals surface area contributed by atoms with E-state index >= 15 is 0 Å². The number of hydrogen-bond acceptors (Lipinski definition) is 3. The van der Waals surface area contributed by atoms with E-state index in [-0.39, 0.29) is 17.3 Å². The average Bonchev–Trinajstić information content (AvgIpc) is 2.95. The Bertz CT molecular complexity index is 969. The summed E-state index contributed by atoms with van der Waals surface area (Å²) in [5.74, 6) is 0. The highest BCUT2D eigenvalue weighted by atomic mass is 19.4. The topological polar surface area (TPSA) is 63.0 Å². The van der Waals surface area contributed by atoms with Crippen LogP contribution in [0.4, 0.5) is 26.3 Å². The molecule has 0 aliphatic heterocycles. The van der Waals surface area contributed by atoms with Gasteiger partial charge < -0.3 is 0 Å². The zero-order valence-electron chi connectivity index (χ0n) is 11.4. The molecule has 0 aliphatic carbocycles. The fourth-order valence-corrected chi connectivity index (χ4v) is 2.21. The molecule has 2 heterocycles. The Balaban J connectivity index is 2.33. The second-order valence-corrected chi connectivity index (χ2v) is 4.76. The predicted molar refractivity (Wildman–Crippen MR) is 69.0 cm³/mol. The van der Waals surface area contributed by atoms with Crippen LogP contribution < -0.4 is 5.69 Å². The first-order valence-corrected chi connectivity index (χ1v) is 6.30. The first-order valence-electron chi connectivity index (χ1n) is 6.30. The largest absolute Gasteiger partial charge is 0.417 e. The maximum Gasteiger partial charge on any atom is 0.417 e. The summed E-state index contributed by atoms with van der Waals surface area (Å²) in [7, 11) is 0. The van der Waals surface area contributed by atoms with Gasteiger partial charge in [-0.2, -0.15) is 41.1 Å². The summed E-state index contributed by atoms with van der Waals surface area (Å²) in [6, 6.07) is 2.42. The summed E-state index contributed by atoms with van der Waals surface area (Å²) in [6.45, 7) is 0. The lowest BCUT2D eigenvalue weighted by Gasteiger charge is -2.15. The molecule has 0 spiro atoms. The molecule has 24 heavy (non-hydrogen) atoms. The van der Waals surface area contributed by atoms with E-state index in [0.29, 0.717) is 12.1 Å². The van der Waals surface area contributed by atoms with Gasteiger partial charge in [-0.05, 0) is 18.2 Å². The minimum Gasteiger partial charge on any atom is -0.244 e. The number of aromatic amines is 1. The quantitative estimate of drug-likeness (QED) is 0.688. The van der Waals surface area contributed by atoms with Gasteiger partial charge in [-0.25, -0.2) is 9.89 Å². The van der Waals surface area contributed by atoms with Crippen LogP contribution in [0.15, 0.2) is 35.3 Å². The fraction of sp³-hybridized carbons (Fsp3) is 0.154. The van der Waals surface area contributed by atoms with Crippen LogP contribution in [0.5, 0.6) is 0 Å². The normalized spacial score (nSPS) is 12.8. The number of H-pyrrole nitrogens is 1. The van der Waals surface area contributed by atoms with Crippen LogP contribution in [0.3, 0.4) is 0 Å². The van der Waals surface area contributed by atoms with Crippen molar-refractivity contribution in [3.05, 3.63) is 52.1 Å². The van der Waals surface area contributed by atoms with E-state index in [1.54, 1.807) is 0 Å². The number of benzene rings is 1. The molecule has 0 saturated carbocycles. The Morgan fingerprint density at radius 2 is 1.71 bits per heavy atom. The molecule has 0 saturated heterocycles. The summed E-state index contributed by atoms with van der Waals surface area (Å²) >= 11 is 0. The molecule has 0 bridgehead atoms. The number of rotatable bonds is 1. The molecule has 0 unspecified atom stereocenters. The van der Waals surface area contributed by atoms with Gasteiger partial charge in [-0.15, -0.1) is 0 Å². The fourth-order valence-electron chi connectivity index (χ4n) is 2.21.